The molecular weight excluding hydrogens is 432 g/mol. The molecule has 0 bridgehead atoms. The molecular formula is C20H21ClN2O6S. The number of nitrogens with zero attached hydrogens (tertiary/aromatic N) is 2. The molecule has 0 N–H and O–H groups in total. The Balaban J connectivity index is 1.62. The molecule has 2 heterocycles. The van der Waals surface area contributed by atoms with Crippen LogP contribution in [-0.4, -0.2) is 48.8 Å². The van der Waals surface area contributed by atoms with Crippen molar-refractivity contribution in [2.24, 2.45) is 0 Å². The van der Waals surface area contributed by atoms with Gasteiger partial charge in [-0.2, -0.15) is 5.10 Å². The quantitative estimate of drug-likeness (QED) is 0.490. The van der Waals surface area contributed by atoms with Crippen molar-refractivity contribution in [1.82, 2.24) is 9.78 Å². The molecule has 3 rings (SSSR count). The van der Waals surface area contributed by atoms with Crippen LogP contribution in [-0.2, 0) is 30.7 Å². The van der Waals surface area contributed by atoms with Crippen molar-refractivity contribution >= 4 is 39.5 Å². The maximum atomic E-state index is 12.0. The minimum atomic E-state index is -3.07. The molecule has 0 amide bonds. The second-order valence-electron chi connectivity index (χ2n) is 6.92. The van der Waals surface area contributed by atoms with Gasteiger partial charge in [-0.15, -0.1) is 0 Å². The number of benzene rings is 1. The number of hydrogen-bond donors (Lipinski definition) is 0. The first-order valence-corrected chi connectivity index (χ1v) is 11.4. The Hall–Kier alpha value is -2.65. The third-order valence-electron chi connectivity index (χ3n) is 4.77. The number of methoxy groups -OCH3 is 1. The number of carbonyl (C=O) groups excluding carboxylic acids is 2. The van der Waals surface area contributed by atoms with Crippen LogP contribution in [0.4, 0.5) is 0 Å². The second-order valence-corrected chi connectivity index (χ2v) is 9.51. The van der Waals surface area contributed by atoms with E-state index in [1.54, 1.807) is 31.2 Å². The van der Waals surface area contributed by atoms with Gasteiger partial charge in [0.15, 0.2) is 9.84 Å². The Morgan fingerprint density at radius 3 is 2.60 bits per heavy atom. The first-order chi connectivity index (χ1) is 14.2. The predicted octanol–water partition coefficient (Wildman–Crippen LogP) is 2.75. The van der Waals surface area contributed by atoms with Crippen molar-refractivity contribution < 1.29 is 27.5 Å². The summed E-state index contributed by atoms with van der Waals surface area (Å²) in [5.74, 6) is -0.887. The first kappa shape index (κ1) is 22.0. The number of esters is 2. The molecule has 0 radical (unpaired) electrons. The molecule has 10 heteroatoms. The normalized spacial score (nSPS) is 17.9. The van der Waals surface area contributed by atoms with Gasteiger partial charge in [0.1, 0.15) is 11.8 Å². The molecule has 0 saturated carbocycles. The number of aryl methyl sites for hydroxylation is 1. The number of hydrogen-bond acceptors (Lipinski definition) is 7. The zero-order chi connectivity index (χ0) is 21.9. The first-order valence-electron chi connectivity index (χ1n) is 9.17. The maximum Gasteiger partial charge on any atom is 0.337 e. The van der Waals surface area contributed by atoms with E-state index in [0.717, 1.165) is 0 Å². The predicted molar refractivity (Wildman–Crippen MR) is 111 cm³/mol. The lowest BCUT2D eigenvalue weighted by Crippen LogP contribution is -2.12. The number of aromatic nitrogens is 2. The largest absolute Gasteiger partial charge is 0.465 e. The SMILES string of the molecule is COC(=O)c1ccc(COC(=O)C=Cc2c(C)nn(C3CCS(=O)(=O)C3)c2Cl)cc1. The smallest absolute Gasteiger partial charge is 0.337 e. The molecule has 1 atom stereocenters. The van der Waals surface area contributed by atoms with Crippen LogP contribution in [0.2, 0.25) is 5.15 Å². The van der Waals surface area contributed by atoms with E-state index in [-0.39, 0.29) is 29.3 Å². The molecule has 1 saturated heterocycles. The van der Waals surface area contributed by atoms with E-state index >= 15 is 0 Å². The Morgan fingerprint density at radius 1 is 1.30 bits per heavy atom. The molecule has 8 nitrogen and oxygen atoms in total. The fourth-order valence-electron chi connectivity index (χ4n) is 3.14. The third kappa shape index (κ3) is 5.09. The molecule has 1 fully saturated rings. The van der Waals surface area contributed by atoms with Gasteiger partial charge in [-0.3, -0.25) is 0 Å². The van der Waals surface area contributed by atoms with Crippen molar-refractivity contribution in [2.45, 2.75) is 26.0 Å². The minimum Gasteiger partial charge on any atom is -0.465 e. The van der Waals surface area contributed by atoms with Crippen LogP contribution in [0.1, 0.15) is 39.6 Å². The van der Waals surface area contributed by atoms with Gasteiger partial charge in [-0.05, 0) is 37.1 Å². The lowest BCUT2D eigenvalue weighted by atomic mass is 10.1. The highest BCUT2D eigenvalue weighted by molar-refractivity contribution is 7.91. The van der Waals surface area contributed by atoms with Gasteiger partial charge in [0.05, 0.1) is 35.9 Å². The Morgan fingerprint density at radius 2 is 2.00 bits per heavy atom. The fraction of sp³-hybridized carbons (Fsp3) is 0.350. The van der Waals surface area contributed by atoms with Crippen molar-refractivity contribution in [3.05, 3.63) is 57.9 Å². The zero-order valence-electron chi connectivity index (χ0n) is 16.5. The van der Waals surface area contributed by atoms with Crippen molar-refractivity contribution in [3.63, 3.8) is 0 Å². The van der Waals surface area contributed by atoms with Gasteiger partial charge in [0.25, 0.3) is 0 Å². The molecule has 1 aliphatic heterocycles. The van der Waals surface area contributed by atoms with Gasteiger partial charge < -0.3 is 9.47 Å². The summed E-state index contributed by atoms with van der Waals surface area (Å²) in [6.07, 6.45) is 3.21. The molecule has 2 aromatic rings. The number of carbonyl (C=O) groups is 2. The summed E-state index contributed by atoms with van der Waals surface area (Å²) < 4.78 is 34.8. The fourth-order valence-corrected chi connectivity index (χ4v) is 5.21. The maximum absolute atomic E-state index is 12.0. The van der Waals surface area contributed by atoms with E-state index in [0.29, 0.717) is 28.8 Å². The highest BCUT2D eigenvalue weighted by Gasteiger charge is 2.31. The summed E-state index contributed by atoms with van der Waals surface area (Å²) in [6.45, 7) is 1.77. The van der Waals surface area contributed by atoms with E-state index in [1.807, 2.05) is 0 Å². The average Bonchev–Trinajstić information content (AvgIpc) is 3.22. The van der Waals surface area contributed by atoms with E-state index in [1.165, 1.54) is 23.9 Å². The van der Waals surface area contributed by atoms with Gasteiger partial charge in [-0.1, -0.05) is 23.7 Å². The Labute approximate surface area is 179 Å². The minimum absolute atomic E-state index is 0.00774. The standard InChI is InChI=1S/C20H21ClN2O6S/c1-13-17(19(21)23(22-13)16-9-10-30(26,27)12-16)7-8-18(24)29-11-14-3-5-15(6-4-14)20(25)28-2/h3-8,16H,9-12H2,1-2H3. The molecule has 1 aromatic carbocycles. The van der Waals surface area contributed by atoms with Crippen LogP contribution in [0.15, 0.2) is 30.3 Å². The van der Waals surface area contributed by atoms with Crippen LogP contribution < -0.4 is 0 Å². The lowest BCUT2D eigenvalue weighted by Gasteiger charge is -2.09. The topological polar surface area (TPSA) is 105 Å². The van der Waals surface area contributed by atoms with Crippen LogP contribution in [0, 0.1) is 6.92 Å². The van der Waals surface area contributed by atoms with Crippen LogP contribution in [0.25, 0.3) is 6.08 Å². The summed E-state index contributed by atoms with van der Waals surface area (Å²) in [5.41, 5.74) is 2.26. The number of sulfone groups is 1. The average molecular weight is 453 g/mol. The lowest BCUT2D eigenvalue weighted by molar-refractivity contribution is -0.138. The summed E-state index contributed by atoms with van der Waals surface area (Å²) in [5, 5.41) is 4.63. The Bertz CT molecular complexity index is 1090. The van der Waals surface area contributed by atoms with Gasteiger partial charge in [0, 0.05) is 11.6 Å². The van der Waals surface area contributed by atoms with Crippen molar-refractivity contribution in [1.29, 1.82) is 0 Å². The number of halogens is 1. The van der Waals surface area contributed by atoms with E-state index < -0.39 is 21.8 Å². The molecule has 1 aromatic heterocycles. The molecule has 1 aliphatic rings. The van der Waals surface area contributed by atoms with E-state index in [9.17, 15) is 18.0 Å². The summed E-state index contributed by atoms with van der Waals surface area (Å²) >= 11 is 6.38. The molecule has 160 valence electrons. The molecule has 0 aliphatic carbocycles. The molecule has 1 unspecified atom stereocenters. The van der Waals surface area contributed by atoms with Gasteiger partial charge in [0.2, 0.25) is 0 Å². The van der Waals surface area contributed by atoms with Crippen LogP contribution in [0.5, 0.6) is 0 Å². The summed E-state index contributed by atoms with van der Waals surface area (Å²) in [6, 6.07) is 6.22. The monoisotopic (exact) mass is 452 g/mol. The number of rotatable bonds is 6. The third-order valence-corrected chi connectivity index (χ3v) is 6.89. The second kappa shape index (κ2) is 9.01. The van der Waals surface area contributed by atoms with Crippen LogP contribution in [0.3, 0.4) is 0 Å². The van der Waals surface area contributed by atoms with Gasteiger partial charge >= 0.3 is 11.9 Å². The van der Waals surface area contributed by atoms with Crippen LogP contribution >= 0.6 is 11.6 Å². The van der Waals surface area contributed by atoms with E-state index in [2.05, 4.69) is 9.84 Å². The zero-order valence-corrected chi connectivity index (χ0v) is 18.1. The highest BCUT2D eigenvalue weighted by Crippen LogP contribution is 2.30. The highest BCUT2D eigenvalue weighted by atomic mass is 35.5. The number of ether oxygens (including phenoxy) is 2. The van der Waals surface area contributed by atoms with Gasteiger partial charge in [-0.25, -0.2) is 22.7 Å². The van der Waals surface area contributed by atoms with Crippen molar-refractivity contribution in [3.8, 4) is 0 Å². The Kier molecular flexibility index (Phi) is 6.62. The summed E-state index contributed by atoms with van der Waals surface area (Å²) in [7, 11) is -1.77. The molecule has 0 spiro atoms. The molecule has 30 heavy (non-hydrogen) atoms. The van der Waals surface area contributed by atoms with Crippen molar-refractivity contribution in [2.75, 3.05) is 18.6 Å². The summed E-state index contributed by atoms with van der Waals surface area (Å²) in [4.78, 5) is 23.5. The van der Waals surface area contributed by atoms with E-state index in [4.69, 9.17) is 16.3 Å².